The molecule has 0 N–H and O–H groups in total. The number of hydrogen-bond acceptors (Lipinski definition) is 1. The summed E-state index contributed by atoms with van der Waals surface area (Å²) in [6.07, 6.45) is 0. The topological polar surface area (TPSA) is 8.17 Å². The van der Waals surface area contributed by atoms with Gasteiger partial charge in [-0.3, -0.25) is 0 Å². The van der Waals surface area contributed by atoms with Crippen LogP contribution in [0.25, 0.3) is 71.6 Å². The number of para-hydroxylation sites is 2. The number of aromatic nitrogens is 1. The van der Waals surface area contributed by atoms with Crippen LogP contribution in [0.3, 0.4) is 0 Å². The van der Waals surface area contributed by atoms with Gasteiger partial charge in [-0.05, 0) is 105 Å². The number of nitrogens with zero attached hydrogens (tertiary/aromatic N) is 2. The number of rotatable bonds is 3. The summed E-state index contributed by atoms with van der Waals surface area (Å²) in [6, 6.07) is 62.9. The van der Waals surface area contributed by atoms with Gasteiger partial charge in [0.05, 0.1) is 22.4 Å². The van der Waals surface area contributed by atoms with Crippen LogP contribution >= 0.6 is 0 Å². The standard InChI is InChI=1S/C49H34N2/c1-49(2)42-22-8-6-19-36(42)39-29-41-38-21-11-13-31-14-12-24-46(48(31)38)51(47(41)30-43(39)49)35-18-10-15-32(27-35)33-25-26-45-40(28-33)37-20-7-9-23-44(37)50(45)34-16-4-3-5-17-34/h3-30H,1-2H3. The molecule has 0 saturated heterocycles. The second-order valence-corrected chi connectivity index (χ2v) is 14.6. The average molecular weight is 651 g/mol. The molecule has 240 valence electrons. The highest BCUT2D eigenvalue weighted by Crippen LogP contribution is 2.57. The maximum atomic E-state index is 2.51. The fourth-order valence-corrected chi connectivity index (χ4v) is 9.11. The minimum Gasteiger partial charge on any atom is -0.309 e. The molecule has 0 radical (unpaired) electrons. The molecule has 1 aliphatic heterocycles. The lowest BCUT2D eigenvalue weighted by Crippen LogP contribution is -2.18. The van der Waals surface area contributed by atoms with Crippen molar-refractivity contribution in [3.63, 3.8) is 0 Å². The first-order chi connectivity index (χ1) is 25.1. The molecule has 0 atom stereocenters. The molecule has 0 unspecified atom stereocenters. The summed E-state index contributed by atoms with van der Waals surface area (Å²) in [5.74, 6) is 0. The van der Waals surface area contributed by atoms with E-state index in [0.717, 1.165) is 5.69 Å². The van der Waals surface area contributed by atoms with Crippen LogP contribution in [-0.2, 0) is 5.41 Å². The maximum absolute atomic E-state index is 2.51. The highest BCUT2D eigenvalue weighted by atomic mass is 15.2. The number of anilines is 3. The Morgan fingerprint density at radius 2 is 1.12 bits per heavy atom. The summed E-state index contributed by atoms with van der Waals surface area (Å²) in [5, 5.41) is 5.09. The average Bonchev–Trinajstić information content (AvgIpc) is 3.63. The first-order valence-corrected chi connectivity index (χ1v) is 17.9. The zero-order chi connectivity index (χ0) is 33.8. The van der Waals surface area contributed by atoms with Crippen LogP contribution in [0.1, 0.15) is 25.0 Å². The van der Waals surface area contributed by atoms with Crippen LogP contribution in [0.5, 0.6) is 0 Å². The van der Waals surface area contributed by atoms with Crippen LogP contribution in [0.15, 0.2) is 170 Å². The molecule has 1 aliphatic carbocycles. The molecule has 0 fully saturated rings. The summed E-state index contributed by atoms with van der Waals surface area (Å²) in [4.78, 5) is 2.51. The van der Waals surface area contributed by atoms with Crippen LogP contribution in [0.4, 0.5) is 17.1 Å². The number of fused-ring (bicyclic) bond motifs is 8. The van der Waals surface area contributed by atoms with Crippen LogP contribution < -0.4 is 4.90 Å². The highest BCUT2D eigenvalue weighted by Gasteiger charge is 2.38. The first kappa shape index (κ1) is 28.5. The Labute approximate surface area is 297 Å². The predicted molar refractivity (Wildman–Crippen MR) is 215 cm³/mol. The van der Waals surface area contributed by atoms with Crippen LogP contribution in [-0.4, -0.2) is 4.57 Å². The lowest BCUT2D eigenvalue weighted by Gasteiger charge is -2.35. The van der Waals surface area contributed by atoms with E-state index in [-0.39, 0.29) is 5.41 Å². The van der Waals surface area contributed by atoms with Gasteiger partial charge >= 0.3 is 0 Å². The minimum atomic E-state index is -0.0915. The number of benzene rings is 8. The Kier molecular flexibility index (Phi) is 5.76. The lowest BCUT2D eigenvalue weighted by molar-refractivity contribution is 0.660. The summed E-state index contributed by atoms with van der Waals surface area (Å²) in [7, 11) is 0. The number of hydrogen-bond donors (Lipinski definition) is 0. The van der Waals surface area contributed by atoms with Gasteiger partial charge in [0.2, 0.25) is 0 Å². The lowest BCUT2D eigenvalue weighted by atomic mass is 9.81. The predicted octanol–water partition coefficient (Wildman–Crippen LogP) is 13.4. The monoisotopic (exact) mass is 650 g/mol. The summed E-state index contributed by atoms with van der Waals surface area (Å²) < 4.78 is 2.38. The second-order valence-electron chi connectivity index (χ2n) is 14.6. The van der Waals surface area contributed by atoms with Gasteiger partial charge in [0.1, 0.15) is 0 Å². The largest absolute Gasteiger partial charge is 0.309 e. The third-order valence-electron chi connectivity index (χ3n) is 11.5. The van der Waals surface area contributed by atoms with Crippen molar-refractivity contribution < 1.29 is 0 Å². The smallest absolute Gasteiger partial charge is 0.0546 e. The van der Waals surface area contributed by atoms with E-state index >= 15 is 0 Å². The Hall–Kier alpha value is -6.38. The van der Waals surface area contributed by atoms with Crippen molar-refractivity contribution in [1.29, 1.82) is 0 Å². The summed E-state index contributed by atoms with van der Waals surface area (Å²) >= 11 is 0. The molecule has 2 heteroatoms. The van der Waals surface area contributed by atoms with Crippen LogP contribution in [0, 0.1) is 0 Å². The van der Waals surface area contributed by atoms with Crippen molar-refractivity contribution in [2.75, 3.05) is 4.90 Å². The Morgan fingerprint density at radius 1 is 0.412 bits per heavy atom. The summed E-state index contributed by atoms with van der Waals surface area (Å²) in [5.41, 5.74) is 17.6. The van der Waals surface area contributed by atoms with E-state index in [1.807, 2.05) is 0 Å². The molecule has 51 heavy (non-hydrogen) atoms. The van der Waals surface area contributed by atoms with E-state index in [2.05, 4.69) is 193 Å². The zero-order valence-electron chi connectivity index (χ0n) is 28.6. The molecule has 0 spiro atoms. The van der Waals surface area contributed by atoms with Gasteiger partial charge < -0.3 is 9.47 Å². The SMILES string of the molecule is CC1(C)c2ccccc2-c2cc3c(cc21)N(c1cccc(-c2ccc4c(c2)c2ccccc2n4-c2ccccc2)c1)c1cccc2cccc-3c12. The first-order valence-electron chi connectivity index (χ1n) is 17.9. The molecule has 0 saturated carbocycles. The normalized spacial score (nSPS) is 13.8. The quantitative estimate of drug-likeness (QED) is 0.185. The molecule has 2 nitrogen and oxygen atoms in total. The molecule has 2 heterocycles. The van der Waals surface area contributed by atoms with E-state index in [9.17, 15) is 0 Å². The molecular formula is C49H34N2. The van der Waals surface area contributed by atoms with Crippen molar-refractivity contribution in [3.05, 3.63) is 181 Å². The van der Waals surface area contributed by atoms with Gasteiger partial charge in [0, 0.05) is 38.5 Å². The van der Waals surface area contributed by atoms with Gasteiger partial charge in [-0.2, -0.15) is 0 Å². The third kappa shape index (κ3) is 3.93. The van der Waals surface area contributed by atoms with Gasteiger partial charge in [0.15, 0.2) is 0 Å². The van der Waals surface area contributed by atoms with Gasteiger partial charge in [-0.1, -0.05) is 123 Å². The molecule has 2 aliphatic rings. The Morgan fingerprint density at radius 3 is 2.02 bits per heavy atom. The van der Waals surface area contributed by atoms with Crippen molar-refractivity contribution in [3.8, 4) is 39.1 Å². The Balaban J connectivity index is 1.12. The van der Waals surface area contributed by atoms with Crippen molar-refractivity contribution in [2.24, 2.45) is 0 Å². The minimum absolute atomic E-state index is 0.0915. The zero-order valence-corrected chi connectivity index (χ0v) is 28.6. The molecule has 0 bridgehead atoms. The fourth-order valence-electron chi connectivity index (χ4n) is 9.11. The van der Waals surface area contributed by atoms with E-state index in [1.54, 1.807) is 0 Å². The fraction of sp³-hybridized carbons (Fsp3) is 0.0612. The molecule has 0 amide bonds. The van der Waals surface area contributed by atoms with Gasteiger partial charge in [-0.15, -0.1) is 0 Å². The molecule has 9 aromatic rings. The second kappa shape index (κ2) is 10.3. The van der Waals surface area contributed by atoms with Gasteiger partial charge in [0.25, 0.3) is 0 Å². The van der Waals surface area contributed by atoms with Crippen molar-refractivity contribution >= 4 is 49.6 Å². The Bertz CT molecular complexity index is 2890. The molecular weight excluding hydrogens is 617 g/mol. The van der Waals surface area contributed by atoms with Crippen molar-refractivity contribution in [1.82, 2.24) is 4.57 Å². The van der Waals surface area contributed by atoms with Crippen LogP contribution in [0.2, 0.25) is 0 Å². The van der Waals surface area contributed by atoms with E-state index in [1.165, 1.54) is 94.1 Å². The van der Waals surface area contributed by atoms with Gasteiger partial charge in [-0.25, -0.2) is 0 Å². The molecule has 8 aromatic carbocycles. The third-order valence-corrected chi connectivity index (χ3v) is 11.5. The van der Waals surface area contributed by atoms with E-state index < -0.39 is 0 Å². The van der Waals surface area contributed by atoms with E-state index in [4.69, 9.17) is 0 Å². The molecule has 1 aromatic heterocycles. The highest BCUT2D eigenvalue weighted by molar-refractivity contribution is 6.15. The molecule has 11 rings (SSSR count). The van der Waals surface area contributed by atoms with Crippen molar-refractivity contribution in [2.45, 2.75) is 19.3 Å². The summed E-state index contributed by atoms with van der Waals surface area (Å²) in [6.45, 7) is 4.74. The maximum Gasteiger partial charge on any atom is 0.0546 e. The van der Waals surface area contributed by atoms with E-state index in [0.29, 0.717) is 0 Å².